The quantitative estimate of drug-likeness (QED) is 0.238. The van der Waals surface area contributed by atoms with Crippen molar-refractivity contribution in [3.63, 3.8) is 0 Å². The minimum Gasteiger partial charge on any atom is -0.456 e. The first-order valence-electron chi connectivity index (χ1n) is 14.0. The highest BCUT2D eigenvalue weighted by Gasteiger charge is 2.29. The molecule has 0 atom stereocenters. The van der Waals surface area contributed by atoms with Crippen LogP contribution >= 0.6 is 0 Å². The van der Waals surface area contributed by atoms with Gasteiger partial charge in [0.05, 0.1) is 11.4 Å². The number of benzene rings is 2. The summed E-state index contributed by atoms with van der Waals surface area (Å²) >= 11 is 0. The maximum Gasteiger partial charge on any atom is 0.135 e. The molecule has 5 aromatic rings. The number of fused-ring (bicyclic) bond motifs is 3. The van der Waals surface area contributed by atoms with Crippen LogP contribution in [0.25, 0.3) is 21.9 Å². The highest BCUT2D eigenvalue weighted by atomic mass is 16.3. The SMILES string of the molecule is CC(C)(C)c1ccnc(C(C)(C)c2ccc3oc4ccc(C(C)(C)c5cc(C(C)(C)C)ccn5)cc4c3c2)c1. The molecule has 0 saturated heterocycles. The minimum absolute atomic E-state index is 0.0724. The van der Waals surface area contributed by atoms with E-state index >= 15 is 0 Å². The Balaban J connectivity index is 1.61. The molecule has 39 heavy (non-hydrogen) atoms. The van der Waals surface area contributed by atoms with E-state index in [1.165, 1.54) is 22.3 Å². The van der Waals surface area contributed by atoms with Crippen LogP contribution in [-0.2, 0) is 21.7 Å². The lowest BCUT2D eigenvalue weighted by molar-refractivity contribution is 0.574. The molecule has 0 spiro atoms. The average molecular weight is 519 g/mol. The van der Waals surface area contributed by atoms with E-state index in [9.17, 15) is 0 Å². The molecule has 0 N–H and O–H groups in total. The number of nitrogens with zero attached hydrogens (tertiary/aromatic N) is 2. The maximum absolute atomic E-state index is 6.30. The van der Waals surface area contributed by atoms with Crippen molar-refractivity contribution in [2.45, 2.75) is 90.9 Å². The summed E-state index contributed by atoms with van der Waals surface area (Å²) in [5.41, 5.74) is 8.64. The van der Waals surface area contributed by atoms with E-state index in [-0.39, 0.29) is 21.7 Å². The lowest BCUT2D eigenvalue weighted by Crippen LogP contribution is -2.22. The Morgan fingerprint density at radius 1 is 0.462 bits per heavy atom. The summed E-state index contributed by atoms with van der Waals surface area (Å²) in [4.78, 5) is 9.61. The van der Waals surface area contributed by atoms with Crippen LogP contribution in [-0.4, -0.2) is 9.97 Å². The summed E-state index contributed by atoms with van der Waals surface area (Å²) in [6.07, 6.45) is 3.89. The molecule has 3 nitrogen and oxygen atoms in total. The molecule has 3 heteroatoms. The van der Waals surface area contributed by atoms with E-state index in [4.69, 9.17) is 14.4 Å². The van der Waals surface area contributed by atoms with Crippen molar-refractivity contribution in [2.75, 3.05) is 0 Å². The van der Waals surface area contributed by atoms with Gasteiger partial charge in [-0.15, -0.1) is 0 Å². The lowest BCUT2D eigenvalue weighted by atomic mass is 9.77. The molecule has 0 aliphatic carbocycles. The van der Waals surface area contributed by atoms with Crippen LogP contribution < -0.4 is 0 Å². The summed E-state index contributed by atoms with van der Waals surface area (Å²) in [6.45, 7) is 22.5. The lowest BCUT2D eigenvalue weighted by Gasteiger charge is -2.28. The number of furan rings is 1. The van der Waals surface area contributed by atoms with Gasteiger partial charge >= 0.3 is 0 Å². The fourth-order valence-electron chi connectivity index (χ4n) is 5.33. The van der Waals surface area contributed by atoms with Crippen LogP contribution in [0.2, 0.25) is 0 Å². The van der Waals surface area contributed by atoms with Crippen molar-refractivity contribution < 1.29 is 4.42 Å². The average Bonchev–Trinajstić information content (AvgIpc) is 3.25. The summed E-state index contributed by atoms with van der Waals surface area (Å²) in [5, 5.41) is 2.27. The molecule has 3 heterocycles. The number of rotatable bonds is 4. The first-order chi connectivity index (χ1) is 18.1. The molecule has 0 bridgehead atoms. The van der Waals surface area contributed by atoms with E-state index in [0.717, 1.165) is 33.3 Å². The zero-order valence-corrected chi connectivity index (χ0v) is 25.2. The van der Waals surface area contributed by atoms with Crippen LogP contribution in [0.4, 0.5) is 0 Å². The van der Waals surface area contributed by atoms with Crippen LogP contribution in [0.15, 0.2) is 77.5 Å². The number of hydrogen-bond acceptors (Lipinski definition) is 3. The molecule has 0 unspecified atom stereocenters. The highest BCUT2D eigenvalue weighted by Crippen LogP contribution is 2.39. The first-order valence-corrected chi connectivity index (χ1v) is 14.0. The van der Waals surface area contributed by atoms with Gasteiger partial charge in [-0.1, -0.05) is 81.4 Å². The van der Waals surface area contributed by atoms with Gasteiger partial charge < -0.3 is 4.42 Å². The third kappa shape index (κ3) is 4.88. The molecule has 202 valence electrons. The summed E-state index contributed by atoms with van der Waals surface area (Å²) in [6, 6.07) is 21.9. The third-order valence-corrected chi connectivity index (χ3v) is 8.45. The molecule has 5 rings (SSSR count). The van der Waals surface area contributed by atoms with Gasteiger partial charge in [0.2, 0.25) is 0 Å². The van der Waals surface area contributed by atoms with E-state index in [1.807, 2.05) is 12.4 Å². The Morgan fingerprint density at radius 3 is 1.21 bits per heavy atom. The molecule has 0 saturated carbocycles. The van der Waals surface area contributed by atoms with Crippen LogP contribution in [0, 0.1) is 0 Å². The van der Waals surface area contributed by atoms with Gasteiger partial charge in [0, 0.05) is 34.0 Å². The molecule has 0 amide bonds. The van der Waals surface area contributed by atoms with Crippen molar-refractivity contribution in [1.82, 2.24) is 9.97 Å². The Morgan fingerprint density at radius 2 is 0.846 bits per heavy atom. The molecule has 2 aromatic carbocycles. The van der Waals surface area contributed by atoms with E-state index in [0.29, 0.717) is 0 Å². The van der Waals surface area contributed by atoms with E-state index in [1.54, 1.807) is 0 Å². The molecule has 3 aromatic heterocycles. The van der Waals surface area contributed by atoms with Crippen molar-refractivity contribution in [3.8, 4) is 0 Å². The Bertz CT molecular complexity index is 1550. The van der Waals surface area contributed by atoms with Gasteiger partial charge in [0.15, 0.2) is 0 Å². The van der Waals surface area contributed by atoms with Gasteiger partial charge in [-0.2, -0.15) is 0 Å². The van der Waals surface area contributed by atoms with Gasteiger partial charge in [0.25, 0.3) is 0 Å². The fourth-order valence-corrected chi connectivity index (χ4v) is 5.33. The summed E-state index contributed by atoms with van der Waals surface area (Å²) in [5.74, 6) is 0. The normalized spacial score (nSPS) is 13.4. The van der Waals surface area contributed by atoms with Gasteiger partial charge in [-0.3, -0.25) is 9.97 Å². The highest BCUT2D eigenvalue weighted by molar-refractivity contribution is 6.05. The van der Waals surface area contributed by atoms with E-state index in [2.05, 4.69) is 130 Å². The first kappa shape index (κ1) is 27.1. The summed E-state index contributed by atoms with van der Waals surface area (Å²) < 4.78 is 6.30. The molecule has 0 aliphatic rings. The van der Waals surface area contributed by atoms with Crippen molar-refractivity contribution in [3.05, 3.63) is 107 Å². The molecular weight excluding hydrogens is 476 g/mol. The zero-order valence-electron chi connectivity index (χ0n) is 25.2. The monoisotopic (exact) mass is 518 g/mol. The van der Waals surface area contributed by atoms with Gasteiger partial charge in [0.1, 0.15) is 11.2 Å². The van der Waals surface area contributed by atoms with Crippen molar-refractivity contribution in [1.29, 1.82) is 0 Å². The topological polar surface area (TPSA) is 38.9 Å². The molecule has 0 fully saturated rings. The van der Waals surface area contributed by atoms with Crippen LogP contribution in [0.5, 0.6) is 0 Å². The standard InChI is InChI=1S/C36H42N2O/c1-33(2,3)23-15-17-37-31(21-23)35(7,8)25-11-13-29-27(19-25)28-20-26(12-14-30(28)39-29)36(9,10)32-22-24(16-18-38-32)34(4,5)6/h11-22H,1-10H3. The smallest absolute Gasteiger partial charge is 0.135 e. The fraction of sp³-hybridized carbons (Fsp3) is 0.389. The van der Waals surface area contributed by atoms with Gasteiger partial charge in [-0.25, -0.2) is 0 Å². The van der Waals surface area contributed by atoms with Gasteiger partial charge in [-0.05, 0) is 81.6 Å². The van der Waals surface area contributed by atoms with Crippen molar-refractivity contribution >= 4 is 21.9 Å². The predicted octanol–water partition coefficient (Wildman–Crippen LogP) is 9.62. The Kier molecular flexibility index (Phi) is 6.29. The second-order valence-corrected chi connectivity index (χ2v) is 14.1. The largest absolute Gasteiger partial charge is 0.456 e. The predicted molar refractivity (Wildman–Crippen MR) is 164 cm³/mol. The zero-order chi connectivity index (χ0) is 28.4. The van der Waals surface area contributed by atoms with Crippen LogP contribution in [0.3, 0.4) is 0 Å². The second-order valence-electron chi connectivity index (χ2n) is 14.1. The van der Waals surface area contributed by atoms with Crippen molar-refractivity contribution in [2.24, 2.45) is 0 Å². The van der Waals surface area contributed by atoms with E-state index < -0.39 is 0 Å². The summed E-state index contributed by atoms with van der Waals surface area (Å²) in [7, 11) is 0. The number of aromatic nitrogens is 2. The number of pyridine rings is 2. The second kappa shape index (κ2) is 9.05. The Hall–Kier alpha value is -3.46. The molecular formula is C36H42N2O. The molecule has 0 radical (unpaired) electrons. The maximum atomic E-state index is 6.30. The van der Waals surface area contributed by atoms with Crippen LogP contribution in [0.1, 0.15) is 103 Å². The number of hydrogen-bond donors (Lipinski definition) is 0. The molecule has 0 aliphatic heterocycles. The third-order valence-electron chi connectivity index (χ3n) is 8.45. The Labute approximate surface area is 233 Å². The minimum atomic E-state index is -0.257.